The second kappa shape index (κ2) is 6.80. The number of cyclic esters (lactones) is 1. The Bertz CT molecular complexity index is 811. The normalized spacial score (nSPS) is 19.4. The van der Waals surface area contributed by atoms with E-state index in [0.29, 0.717) is 12.1 Å². The maximum absolute atomic E-state index is 12.3. The highest BCUT2D eigenvalue weighted by Gasteiger charge is 2.35. The van der Waals surface area contributed by atoms with Crippen LogP contribution in [-0.4, -0.2) is 30.1 Å². The fourth-order valence-electron chi connectivity index (χ4n) is 2.49. The van der Waals surface area contributed by atoms with Crippen LogP contribution in [0.3, 0.4) is 0 Å². The molecule has 3 rings (SSSR count). The molecular weight excluding hydrogens is 326 g/mol. The largest absolute Gasteiger partial charge is 0.460 e. The van der Waals surface area contributed by atoms with E-state index in [1.54, 1.807) is 32.0 Å². The van der Waals surface area contributed by atoms with Crippen molar-refractivity contribution in [3.05, 3.63) is 53.5 Å². The maximum atomic E-state index is 12.3. The number of carbonyl (C=O) groups excluding carboxylic acids is 3. The molecule has 0 radical (unpaired) electrons. The van der Waals surface area contributed by atoms with Gasteiger partial charge in [-0.1, -0.05) is 6.07 Å². The van der Waals surface area contributed by atoms with Gasteiger partial charge in [-0.3, -0.25) is 4.79 Å². The molecular formula is C18H17NO6. The number of anilines is 1. The quantitative estimate of drug-likeness (QED) is 0.858. The predicted molar refractivity (Wildman–Crippen MR) is 87.2 cm³/mol. The molecule has 7 nitrogen and oxygen atoms in total. The Morgan fingerprint density at radius 2 is 2.08 bits per heavy atom. The van der Waals surface area contributed by atoms with Crippen molar-refractivity contribution in [3.8, 4) is 0 Å². The van der Waals surface area contributed by atoms with Crippen LogP contribution in [0.4, 0.5) is 5.69 Å². The van der Waals surface area contributed by atoms with Gasteiger partial charge in [-0.05, 0) is 43.7 Å². The number of carbonyl (C=O) groups is 3. The Hall–Kier alpha value is -3.09. The lowest BCUT2D eigenvalue weighted by Gasteiger charge is -2.11. The summed E-state index contributed by atoms with van der Waals surface area (Å²) in [4.78, 5) is 35.9. The first kappa shape index (κ1) is 16.8. The zero-order chi connectivity index (χ0) is 18.0. The van der Waals surface area contributed by atoms with Crippen molar-refractivity contribution in [2.45, 2.75) is 32.5 Å². The number of amides is 1. The SMILES string of the molecule is Cc1ccc(C(=O)O[C@H]2C[C@@H](C)OC2=O)cc1NC(=O)c1ccco1. The summed E-state index contributed by atoms with van der Waals surface area (Å²) < 4.78 is 15.2. The molecule has 0 saturated carbocycles. The number of aryl methyl sites for hydroxylation is 1. The lowest BCUT2D eigenvalue weighted by atomic mass is 10.1. The summed E-state index contributed by atoms with van der Waals surface area (Å²) in [7, 11) is 0. The molecule has 2 atom stereocenters. The molecule has 1 amide bonds. The molecule has 0 aliphatic carbocycles. The summed E-state index contributed by atoms with van der Waals surface area (Å²) in [6, 6.07) is 7.91. The van der Waals surface area contributed by atoms with Gasteiger partial charge in [0.15, 0.2) is 5.76 Å². The zero-order valence-electron chi connectivity index (χ0n) is 13.8. The number of nitrogens with one attached hydrogen (secondary N) is 1. The zero-order valence-corrected chi connectivity index (χ0v) is 13.8. The average molecular weight is 343 g/mol. The fourth-order valence-corrected chi connectivity index (χ4v) is 2.49. The van der Waals surface area contributed by atoms with Gasteiger partial charge in [0.1, 0.15) is 6.10 Å². The van der Waals surface area contributed by atoms with Crippen LogP contribution >= 0.6 is 0 Å². The van der Waals surface area contributed by atoms with Crippen LogP contribution in [0.15, 0.2) is 41.0 Å². The number of ether oxygens (including phenoxy) is 2. The molecule has 1 aromatic carbocycles. The lowest BCUT2D eigenvalue weighted by Crippen LogP contribution is -2.23. The first-order valence-electron chi connectivity index (χ1n) is 7.81. The van der Waals surface area contributed by atoms with Gasteiger partial charge in [-0.15, -0.1) is 0 Å². The third kappa shape index (κ3) is 3.71. The van der Waals surface area contributed by atoms with Crippen LogP contribution in [0.2, 0.25) is 0 Å². The maximum Gasteiger partial charge on any atom is 0.347 e. The molecule has 0 unspecified atom stereocenters. The minimum Gasteiger partial charge on any atom is -0.460 e. The second-order valence-electron chi connectivity index (χ2n) is 5.84. The van der Waals surface area contributed by atoms with E-state index in [9.17, 15) is 14.4 Å². The average Bonchev–Trinajstić information content (AvgIpc) is 3.20. The number of benzene rings is 1. The van der Waals surface area contributed by atoms with Crippen molar-refractivity contribution >= 4 is 23.5 Å². The number of hydrogen-bond donors (Lipinski definition) is 1. The van der Waals surface area contributed by atoms with Gasteiger partial charge in [-0.25, -0.2) is 9.59 Å². The monoisotopic (exact) mass is 343 g/mol. The van der Waals surface area contributed by atoms with E-state index in [2.05, 4.69) is 5.32 Å². The summed E-state index contributed by atoms with van der Waals surface area (Å²) in [5.74, 6) is -1.45. The van der Waals surface area contributed by atoms with Gasteiger partial charge < -0.3 is 19.2 Å². The summed E-state index contributed by atoms with van der Waals surface area (Å²) in [6.07, 6.45) is 0.562. The Balaban J connectivity index is 1.73. The minimum atomic E-state index is -0.898. The molecule has 0 bridgehead atoms. The van der Waals surface area contributed by atoms with Crippen LogP contribution < -0.4 is 5.32 Å². The highest BCUT2D eigenvalue weighted by molar-refractivity contribution is 6.03. The third-order valence-corrected chi connectivity index (χ3v) is 3.84. The Kier molecular flexibility index (Phi) is 4.56. The van der Waals surface area contributed by atoms with E-state index in [0.717, 1.165) is 5.56 Å². The van der Waals surface area contributed by atoms with Gasteiger partial charge in [-0.2, -0.15) is 0 Å². The van der Waals surface area contributed by atoms with Crippen molar-refractivity contribution in [1.82, 2.24) is 0 Å². The van der Waals surface area contributed by atoms with Gasteiger partial charge in [0.2, 0.25) is 6.10 Å². The van der Waals surface area contributed by atoms with Crippen LogP contribution in [0.5, 0.6) is 0 Å². The van der Waals surface area contributed by atoms with Crippen molar-refractivity contribution in [2.75, 3.05) is 5.32 Å². The molecule has 2 heterocycles. The highest BCUT2D eigenvalue weighted by atomic mass is 16.6. The molecule has 1 aromatic heterocycles. The van der Waals surface area contributed by atoms with Crippen LogP contribution in [-0.2, 0) is 14.3 Å². The minimum absolute atomic E-state index is 0.162. The van der Waals surface area contributed by atoms with Gasteiger partial charge >= 0.3 is 11.9 Å². The summed E-state index contributed by atoms with van der Waals surface area (Å²) >= 11 is 0. The highest BCUT2D eigenvalue weighted by Crippen LogP contribution is 2.22. The van der Waals surface area contributed by atoms with E-state index >= 15 is 0 Å². The standard InChI is InChI=1S/C18H17NO6/c1-10-5-6-12(17(21)25-15-8-11(2)24-18(15)22)9-13(10)19-16(20)14-4-3-7-23-14/h3-7,9,11,15H,8H2,1-2H3,(H,19,20)/t11-,15+/m1/s1. The number of rotatable bonds is 4. The van der Waals surface area contributed by atoms with Crippen molar-refractivity contribution < 1.29 is 28.3 Å². The van der Waals surface area contributed by atoms with Gasteiger partial charge in [0, 0.05) is 12.1 Å². The van der Waals surface area contributed by atoms with Gasteiger partial charge in [0.25, 0.3) is 5.91 Å². The molecule has 25 heavy (non-hydrogen) atoms. The van der Waals surface area contributed by atoms with E-state index in [4.69, 9.17) is 13.9 Å². The number of furan rings is 1. The first-order chi connectivity index (χ1) is 11.9. The number of hydrogen-bond acceptors (Lipinski definition) is 6. The van der Waals surface area contributed by atoms with Crippen molar-refractivity contribution in [3.63, 3.8) is 0 Å². The Morgan fingerprint density at radius 1 is 1.28 bits per heavy atom. The first-order valence-corrected chi connectivity index (χ1v) is 7.81. The molecule has 1 aliphatic rings. The molecule has 7 heteroatoms. The summed E-state index contributed by atoms with van der Waals surface area (Å²) in [6.45, 7) is 3.53. The molecule has 2 aromatic rings. The molecule has 1 saturated heterocycles. The van der Waals surface area contributed by atoms with E-state index in [1.807, 2.05) is 0 Å². The van der Waals surface area contributed by atoms with Crippen molar-refractivity contribution in [2.24, 2.45) is 0 Å². The molecule has 0 spiro atoms. The summed E-state index contributed by atoms with van der Waals surface area (Å²) in [5, 5.41) is 2.69. The lowest BCUT2D eigenvalue weighted by molar-refractivity contribution is -0.147. The van der Waals surface area contributed by atoms with Gasteiger partial charge in [0.05, 0.1) is 11.8 Å². The number of esters is 2. The Morgan fingerprint density at radius 3 is 2.72 bits per heavy atom. The second-order valence-corrected chi connectivity index (χ2v) is 5.84. The van der Waals surface area contributed by atoms with Crippen molar-refractivity contribution in [1.29, 1.82) is 0 Å². The molecule has 1 aliphatic heterocycles. The van der Waals surface area contributed by atoms with Crippen LogP contribution in [0.1, 0.15) is 39.8 Å². The van der Waals surface area contributed by atoms with E-state index < -0.39 is 23.9 Å². The molecule has 1 N–H and O–H groups in total. The predicted octanol–water partition coefficient (Wildman–Crippen LogP) is 2.70. The fraction of sp³-hybridized carbons (Fsp3) is 0.278. The summed E-state index contributed by atoms with van der Waals surface area (Å²) in [5.41, 5.74) is 1.45. The third-order valence-electron chi connectivity index (χ3n) is 3.84. The topological polar surface area (TPSA) is 94.8 Å². The molecule has 130 valence electrons. The van der Waals surface area contributed by atoms with Crippen LogP contribution in [0.25, 0.3) is 0 Å². The van der Waals surface area contributed by atoms with Crippen LogP contribution in [0, 0.1) is 6.92 Å². The van der Waals surface area contributed by atoms with E-state index in [1.165, 1.54) is 18.4 Å². The van der Waals surface area contributed by atoms with E-state index in [-0.39, 0.29) is 17.4 Å². The smallest absolute Gasteiger partial charge is 0.347 e. The molecule has 1 fully saturated rings. The Labute approximate surface area is 143 Å².